The van der Waals surface area contributed by atoms with Gasteiger partial charge < -0.3 is 10.4 Å². The van der Waals surface area contributed by atoms with Crippen LogP contribution in [-0.4, -0.2) is 17.1 Å². The van der Waals surface area contributed by atoms with Gasteiger partial charge in [-0.15, -0.1) is 0 Å². The first-order valence-electron chi connectivity index (χ1n) is 3.15. The standard InChI is InChI=1S/C7H8ClNO2/c1-4-2-3-5(7(10)11)9-6(4)8/h2-3,5,9H,1H3,(H,10,11). The highest BCUT2D eigenvalue weighted by Crippen LogP contribution is 2.13. The molecule has 2 N–H and O–H groups in total. The molecule has 0 aliphatic carbocycles. The lowest BCUT2D eigenvalue weighted by atomic mass is 10.1. The normalized spacial score (nSPS) is 23.3. The maximum Gasteiger partial charge on any atom is 0.330 e. The van der Waals surface area contributed by atoms with Crippen molar-refractivity contribution < 1.29 is 9.90 Å². The number of allylic oxidation sites excluding steroid dienone is 2. The van der Waals surface area contributed by atoms with E-state index in [0.717, 1.165) is 5.57 Å². The summed E-state index contributed by atoms with van der Waals surface area (Å²) in [6, 6.07) is -0.689. The van der Waals surface area contributed by atoms with Crippen molar-refractivity contribution in [2.75, 3.05) is 0 Å². The Bertz CT molecular complexity index is 245. The van der Waals surface area contributed by atoms with E-state index in [9.17, 15) is 4.79 Å². The second-order valence-electron chi connectivity index (χ2n) is 2.32. The number of aliphatic carboxylic acids is 1. The lowest BCUT2D eigenvalue weighted by Crippen LogP contribution is -2.35. The lowest BCUT2D eigenvalue weighted by molar-refractivity contribution is -0.137. The van der Waals surface area contributed by atoms with E-state index >= 15 is 0 Å². The molecule has 1 heterocycles. The number of hydrogen-bond donors (Lipinski definition) is 2. The van der Waals surface area contributed by atoms with Gasteiger partial charge in [-0.3, -0.25) is 0 Å². The molecule has 0 aromatic carbocycles. The number of carbonyl (C=O) groups is 1. The van der Waals surface area contributed by atoms with Crippen LogP contribution in [0.3, 0.4) is 0 Å². The fraction of sp³-hybridized carbons (Fsp3) is 0.286. The zero-order chi connectivity index (χ0) is 8.43. The van der Waals surface area contributed by atoms with Crippen molar-refractivity contribution in [2.45, 2.75) is 13.0 Å². The molecule has 0 saturated heterocycles. The van der Waals surface area contributed by atoms with Crippen molar-refractivity contribution in [3.8, 4) is 0 Å². The van der Waals surface area contributed by atoms with Gasteiger partial charge in [0.15, 0.2) is 0 Å². The van der Waals surface area contributed by atoms with Gasteiger partial charge in [0, 0.05) is 0 Å². The highest BCUT2D eigenvalue weighted by atomic mass is 35.5. The Hall–Kier alpha value is -0.960. The van der Waals surface area contributed by atoms with E-state index in [1.807, 2.05) is 6.92 Å². The quantitative estimate of drug-likeness (QED) is 0.584. The topological polar surface area (TPSA) is 49.3 Å². The molecule has 0 saturated carbocycles. The molecule has 0 aromatic heterocycles. The predicted octanol–water partition coefficient (Wildman–Crippen LogP) is 1.07. The SMILES string of the molecule is CC1=C(Cl)NC(C(=O)O)C=C1. The molecule has 0 aromatic rings. The number of carboxylic acids is 1. The molecule has 1 aliphatic rings. The van der Waals surface area contributed by atoms with Crippen molar-refractivity contribution in [1.29, 1.82) is 0 Å². The van der Waals surface area contributed by atoms with E-state index in [1.165, 1.54) is 0 Å². The fourth-order valence-electron chi connectivity index (χ4n) is 0.756. The second kappa shape index (κ2) is 2.96. The average molecular weight is 174 g/mol. The summed E-state index contributed by atoms with van der Waals surface area (Å²) in [5.41, 5.74) is 0.851. The molecule has 1 unspecified atom stereocenters. The summed E-state index contributed by atoms with van der Waals surface area (Å²) in [6.07, 6.45) is 3.25. The van der Waals surface area contributed by atoms with E-state index in [2.05, 4.69) is 5.32 Å². The molecule has 3 nitrogen and oxygen atoms in total. The first kappa shape index (κ1) is 8.14. The molecular formula is C7H8ClNO2. The number of carboxylic acid groups (broad SMARTS) is 1. The predicted molar refractivity (Wildman–Crippen MR) is 42.3 cm³/mol. The van der Waals surface area contributed by atoms with Crippen LogP contribution in [0.15, 0.2) is 22.9 Å². The van der Waals surface area contributed by atoms with Gasteiger partial charge in [0.2, 0.25) is 0 Å². The molecule has 60 valence electrons. The van der Waals surface area contributed by atoms with Gasteiger partial charge in [-0.2, -0.15) is 0 Å². The van der Waals surface area contributed by atoms with Crippen LogP contribution >= 0.6 is 11.6 Å². The van der Waals surface area contributed by atoms with Crippen molar-refractivity contribution in [3.63, 3.8) is 0 Å². The maximum atomic E-state index is 10.4. The molecule has 0 radical (unpaired) electrons. The van der Waals surface area contributed by atoms with Gasteiger partial charge in [-0.1, -0.05) is 23.8 Å². The van der Waals surface area contributed by atoms with Gasteiger partial charge in [0.25, 0.3) is 0 Å². The largest absolute Gasteiger partial charge is 0.479 e. The van der Waals surface area contributed by atoms with Gasteiger partial charge >= 0.3 is 5.97 Å². The van der Waals surface area contributed by atoms with E-state index in [1.54, 1.807) is 12.2 Å². The summed E-state index contributed by atoms with van der Waals surface area (Å²) in [6.45, 7) is 1.81. The first-order valence-corrected chi connectivity index (χ1v) is 3.53. The Morgan fingerprint density at radius 1 is 1.82 bits per heavy atom. The zero-order valence-electron chi connectivity index (χ0n) is 5.97. The van der Waals surface area contributed by atoms with Gasteiger partial charge in [0.05, 0.1) is 0 Å². The Morgan fingerprint density at radius 3 is 2.91 bits per heavy atom. The van der Waals surface area contributed by atoms with E-state index in [-0.39, 0.29) is 0 Å². The van der Waals surface area contributed by atoms with Gasteiger partial charge in [-0.25, -0.2) is 4.79 Å². The van der Waals surface area contributed by atoms with Crippen molar-refractivity contribution in [2.24, 2.45) is 0 Å². The third kappa shape index (κ3) is 1.74. The number of rotatable bonds is 1. The van der Waals surface area contributed by atoms with Gasteiger partial charge in [0.1, 0.15) is 11.2 Å². The van der Waals surface area contributed by atoms with E-state index in [4.69, 9.17) is 16.7 Å². The Kier molecular flexibility index (Phi) is 2.19. The van der Waals surface area contributed by atoms with Crippen molar-refractivity contribution in [3.05, 3.63) is 22.9 Å². The highest BCUT2D eigenvalue weighted by Gasteiger charge is 2.17. The third-order valence-corrected chi connectivity index (χ3v) is 1.84. The monoisotopic (exact) mass is 173 g/mol. The summed E-state index contributed by atoms with van der Waals surface area (Å²) >= 11 is 5.66. The smallest absolute Gasteiger partial charge is 0.330 e. The number of dihydropyridines is 1. The molecule has 0 amide bonds. The molecule has 4 heteroatoms. The Labute approximate surface area is 69.4 Å². The third-order valence-electron chi connectivity index (χ3n) is 1.43. The minimum atomic E-state index is -0.924. The minimum absolute atomic E-state index is 0.403. The van der Waals surface area contributed by atoms with E-state index in [0.29, 0.717) is 5.16 Å². The molecule has 0 spiro atoms. The Balaban J connectivity index is 2.74. The van der Waals surface area contributed by atoms with Crippen LogP contribution in [0.5, 0.6) is 0 Å². The van der Waals surface area contributed by atoms with Crippen LogP contribution in [0.1, 0.15) is 6.92 Å². The minimum Gasteiger partial charge on any atom is -0.479 e. The molecule has 0 fully saturated rings. The van der Waals surface area contributed by atoms with Crippen LogP contribution < -0.4 is 5.32 Å². The van der Waals surface area contributed by atoms with E-state index < -0.39 is 12.0 Å². The van der Waals surface area contributed by atoms with Crippen LogP contribution in [0.25, 0.3) is 0 Å². The molecule has 0 bridgehead atoms. The highest BCUT2D eigenvalue weighted by molar-refractivity contribution is 6.30. The summed E-state index contributed by atoms with van der Waals surface area (Å²) < 4.78 is 0. The first-order chi connectivity index (χ1) is 5.11. The average Bonchev–Trinajstić information content (AvgIpc) is 1.94. The van der Waals surface area contributed by atoms with Crippen LogP contribution in [0, 0.1) is 0 Å². The molecule has 11 heavy (non-hydrogen) atoms. The molecular weight excluding hydrogens is 166 g/mol. The zero-order valence-corrected chi connectivity index (χ0v) is 6.72. The van der Waals surface area contributed by atoms with Crippen LogP contribution in [-0.2, 0) is 4.79 Å². The van der Waals surface area contributed by atoms with Gasteiger partial charge in [-0.05, 0) is 12.5 Å². The molecule has 1 aliphatic heterocycles. The summed E-state index contributed by atoms with van der Waals surface area (Å²) in [7, 11) is 0. The fourth-order valence-corrected chi connectivity index (χ4v) is 0.937. The Morgan fingerprint density at radius 2 is 2.45 bits per heavy atom. The lowest BCUT2D eigenvalue weighted by Gasteiger charge is -2.16. The molecule has 1 atom stereocenters. The number of nitrogens with one attached hydrogen (secondary N) is 1. The van der Waals surface area contributed by atoms with Crippen LogP contribution in [0.4, 0.5) is 0 Å². The number of halogens is 1. The summed E-state index contributed by atoms with van der Waals surface area (Å²) in [5.74, 6) is -0.924. The summed E-state index contributed by atoms with van der Waals surface area (Å²) in [4.78, 5) is 10.4. The van der Waals surface area contributed by atoms with Crippen LogP contribution in [0.2, 0.25) is 0 Å². The van der Waals surface area contributed by atoms with Crippen molar-refractivity contribution in [1.82, 2.24) is 5.32 Å². The second-order valence-corrected chi connectivity index (χ2v) is 2.69. The summed E-state index contributed by atoms with van der Waals surface area (Å²) in [5, 5.41) is 11.6. The van der Waals surface area contributed by atoms with Crippen molar-refractivity contribution >= 4 is 17.6 Å². The number of hydrogen-bond acceptors (Lipinski definition) is 2. The maximum absolute atomic E-state index is 10.4. The molecule has 1 rings (SSSR count).